The van der Waals surface area contributed by atoms with Gasteiger partial charge in [0.2, 0.25) is 0 Å². The Hall–Kier alpha value is -2.01. The smallest absolute Gasteiger partial charge is 0.137 e. The first-order chi connectivity index (χ1) is 11.1. The highest BCUT2D eigenvalue weighted by atomic mass is 32.2. The average Bonchev–Trinajstić information content (AvgIpc) is 3.12. The first kappa shape index (κ1) is 14.6. The number of rotatable bonds is 3. The molecule has 3 nitrogen and oxygen atoms in total. The molecule has 0 radical (unpaired) electrons. The average molecular weight is 328 g/mol. The number of halogens is 1. The van der Waals surface area contributed by atoms with Crippen LogP contribution in [-0.4, -0.2) is 13.6 Å². The highest BCUT2D eigenvalue weighted by Gasteiger charge is 2.29. The molecule has 2 heterocycles. The molecule has 0 saturated carbocycles. The summed E-state index contributed by atoms with van der Waals surface area (Å²) in [4.78, 5) is 4.55. The van der Waals surface area contributed by atoms with Gasteiger partial charge in [-0.2, -0.15) is 0 Å². The lowest BCUT2D eigenvalue weighted by molar-refractivity contribution is 0.612. The number of benzene rings is 1. The summed E-state index contributed by atoms with van der Waals surface area (Å²) in [5.41, 5.74) is 4.43. The summed E-state index contributed by atoms with van der Waals surface area (Å²) in [5, 5.41) is -0.0911. The van der Waals surface area contributed by atoms with Crippen molar-refractivity contribution in [2.75, 3.05) is 0 Å². The Morgan fingerprint density at radius 2 is 2.13 bits per heavy atom. The molecule has 1 aliphatic carbocycles. The summed E-state index contributed by atoms with van der Waals surface area (Å²) in [6.45, 7) is 2.02. The number of hydrogen-bond acceptors (Lipinski definition) is 2. The van der Waals surface area contributed by atoms with Crippen LogP contribution >= 0.6 is 0 Å². The second kappa shape index (κ2) is 5.57. The highest BCUT2D eigenvalue weighted by Crippen LogP contribution is 2.37. The van der Waals surface area contributed by atoms with E-state index in [2.05, 4.69) is 4.98 Å². The van der Waals surface area contributed by atoms with Crippen LogP contribution in [-0.2, 0) is 23.0 Å². The van der Waals surface area contributed by atoms with Crippen LogP contribution in [0.3, 0.4) is 0 Å². The van der Waals surface area contributed by atoms with E-state index < -0.39 is 10.8 Å². The minimum atomic E-state index is -1.09. The first-order valence-electron chi connectivity index (χ1n) is 7.71. The minimum absolute atomic E-state index is 0.0911. The van der Waals surface area contributed by atoms with Gasteiger partial charge in [0.05, 0.1) is 16.7 Å². The standard InChI is InChI=1S/C18H17FN2OS/c1-12-4-2-7-18-20-13(10-21(12)18)11-23(22)17-9-8-14-15(17)5-3-6-16(14)19/h2-7,10,17H,8-9,11H2,1H3. The molecule has 2 unspecified atom stereocenters. The van der Waals surface area contributed by atoms with Gasteiger partial charge in [-0.05, 0) is 49.1 Å². The van der Waals surface area contributed by atoms with E-state index in [1.807, 2.05) is 41.8 Å². The van der Waals surface area contributed by atoms with E-state index in [0.29, 0.717) is 12.2 Å². The zero-order chi connectivity index (χ0) is 16.0. The van der Waals surface area contributed by atoms with E-state index >= 15 is 0 Å². The fraction of sp³-hybridized carbons (Fsp3) is 0.278. The maximum atomic E-state index is 13.8. The van der Waals surface area contributed by atoms with Crippen molar-refractivity contribution < 1.29 is 8.60 Å². The predicted molar refractivity (Wildman–Crippen MR) is 89.2 cm³/mol. The quantitative estimate of drug-likeness (QED) is 0.734. The van der Waals surface area contributed by atoms with Gasteiger partial charge in [0.25, 0.3) is 0 Å². The summed E-state index contributed by atoms with van der Waals surface area (Å²) in [6.07, 6.45) is 3.36. The van der Waals surface area contributed by atoms with Crippen LogP contribution in [0.15, 0.2) is 42.6 Å². The molecule has 4 rings (SSSR count). The molecule has 0 saturated heterocycles. The largest absolute Gasteiger partial charge is 0.304 e. The van der Waals surface area contributed by atoms with Crippen LogP contribution in [0, 0.1) is 12.7 Å². The molecular formula is C18H17FN2OS. The molecule has 23 heavy (non-hydrogen) atoms. The van der Waals surface area contributed by atoms with E-state index in [0.717, 1.165) is 34.6 Å². The van der Waals surface area contributed by atoms with Gasteiger partial charge >= 0.3 is 0 Å². The van der Waals surface area contributed by atoms with Crippen molar-refractivity contribution >= 4 is 16.4 Å². The molecule has 2 aromatic heterocycles. The molecule has 0 bridgehead atoms. The molecule has 2 atom stereocenters. The number of fused-ring (bicyclic) bond motifs is 2. The third-order valence-electron chi connectivity index (χ3n) is 4.51. The Labute approximate surface area is 136 Å². The molecule has 0 aliphatic heterocycles. The molecule has 3 aromatic rings. The van der Waals surface area contributed by atoms with Crippen LogP contribution < -0.4 is 0 Å². The third-order valence-corrected chi connectivity index (χ3v) is 6.22. The second-order valence-corrected chi connectivity index (χ2v) is 7.61. The molecule has 1 aromatic carbocycles. The van der Waals surface area contributed by atoms with Crippen molar-refractivity contribution in [2.45, 2.75) is 30.8 Å². The van der Waals surface area contributed by atoms with Crippen LogP contribution in [0.5, 0.6) is 0 Å². The molecule has 1 aliphatic rings. The van der Waals surface area contributed by atoms with Crippen molar-refractivity contribution in [3.8, 4) is 0 Å². The molecule has 0 N–H and O–H groups in total. The van der Waals surface area contributed by atoms with Crippen molar-refractivity contribution in [2.24, 2.45) is 0 Å². The Balaban J connectivity index is 1.61. The Morgan fingerprint density at radius 3 is 2.96 bits per heavy atom. The van der Waals surface area contributed by atoms with E-state index in [1.165, 1.54) is 6.07 Å². The van der Waals surface area contributed by atoms with Crippen LogP contribution in [0.4, 0.5) is 4.39 Å². The number of pyridine rings is 1. The molecule has 0 amide bonds. The fourth-order valence-corrected chi connectivity index (χ4v) is 4.88. The first-order valence-corrected chi connectivity index (χ1v) is 9.10. The van der Waals surface area contributed by atoms with Gasteiger partial charge in [0.15, 0.2) is 0 Å². The summed E-state index contributed by atoms with van der Waals surface area (Å²) >= 11 is 0. The van der Waals surface area contributed by atoms with Gasteiger partial charge < -0.3 is 4.40 Å². The molecule has 5 heteroatoms. The normalized spacial score (nSPS) is 18.3. The summed E-state index contributed by atoms with van der Waals surface area (Å²) in [6, 6.07) is 11.0. The lowest BCUT2D eigenvalue weighted by atomic mass is 10.1. The number of imidazole rings is 1. The maximum absolute atomic E-state index is 13.8. The van der Waals surface area contributed by atoms with E-state index in [-0.39, 0.29) is 11.1 Å². The topological polar surface area (TPSA) is 34.4 Å². The van der Waals surface area contributed by atoms with E-state index in [1.54, 1.807) is 6.07 Å². The SMILES string of the molecule is Cc1cccc2nc(CS(=O)C3CCc4c(F)cccc43)cn12. The Bertz CT molecular complexity index is 919. The van der Waals surface area contributed by atoms with Gasteiger partial charge in [-0.1, -0.05) is 18.2 Å². The predicted octanol–water partition coefficient (Wildman–Crippen LogP) is 3.72. The highest BCUT2D eigenvalue weighted by molar-refractivity contribution is 7.84. The van der Waals surface area contributed by atoms with Gasteiger partial charge in [0, 0.05) is 22.7 Å². The Morgan fingerprint density at radius 1 is 1.30 bits per heavy atom. The number of hydrogen-bond donors (Lipinski definition) is 0. The van der Waals surface area contributed by atoms with Gasteiger partial charge in [-0.15, -0.1) is 0 Å². The number of aromatic nitrogens is 2. The van der Waals surface area contributed by atoms with Crippen molar-refractivity contribution in [3.05, 3.63) is 70.9 Å². The number of nitrogens with zero attached hydrogens (tertiary/aromatic N) is 2. The molecule has 0 spiro atoms. The summed E-state index contributed by atoms with van der Waals surface area (Å²) in [5.74, 6) is 0.229. The lowest BCUT2D eigenvalue weighted by Gasteiger charge is -2.10. The molecule has 118 valence electrons. The maximum Gasteiger partial charge on any atom is 0.137 e. The molecular weight excluding hydrogens is 311 g/mol. The summed E-state index contributed by atoms with van der Waals surface area (Å²) in [7, 11) is -1.09. The van der Waals surface area contributed by atoms with Crippen LogP contribution in [0.1, 0.15) is 34.2 Å². The monoisotopic (exact) mass is 328 g/mol. The fourth-order valence-electron chi connectivity index (χ4n) is 3.36. The zero-order valence-corrected chi connectivity index (χ0v) is 13.6. The van der Waals surface area contributed by atoms with Crippen molar-refractivity contribution in [3.63, 3.8) is 0 Å². The minimum Gasteiger partial charge on any atom is -0.304 e. The van der Waals surface area contributed by atoms with Gasteiger partial charge in [0.1, 0.15) is 11.5 Å². The van der Waals surface area contributed by atoms with Crippen LogP contribution in [0.25, 0.3) is 5.65 Å². The van der Waals surface area contributed by atoms with Crippen molar-refractivity contribution in [1.82, 2.24) is 9.38 Å². The lowest BCUT2D eigenvalue weighted by Crippen LogP contribution is -2.06. The van der Waals surface area contributed by atoms with Crippen LogP contribution in [0.2, 0.25) is 0 Å². The molecule has 0 fully saturated rings. The van der Waals surface area contributed by atoms with Gasteiger partial charge in [-0.25, -0.2) is 9.37 Å². The third kappa shape index (κ3) is 2.49. The van der Waals surface area contributed by atoms with Crippen molar-refractivity contribution in [1.29, 1.82) is 0 Å². The second-order valence-electron chi connectivity index (χ2n) is 5.99. The van der Waals surface area contributed by atoms with E-state index in [9.17, 15) is 8.60 Å². The summed E-state index contributed by atoms with van der Waals surface area (Å²) < 4.78 is 28.6. The number of aryl methyl sites for hydroxylation is 1. The Kier molecular flexibility index (Phi) is 3.53. The van der Waals surface area contributed by atoms with E-state index in [4.69, 9.17) is 0 Å². The zero-order valence-electron chi connectivity index (χ0n) is 12.8. The van der Waals surface area contributed by atoms with Gasteiger partial charge in [-0.3, -0.25) is 4.21 Å².